The number of aromatic nitrogens is 2. The Kier molecular flexibility index (Phi) is 10.0. The van der Waals surface area contributed by atoms with Gasteiger partial charge in [0.2, 0.25) is 0 Å². The molecule has 2 aromatic carbocycles. The second-order valence-corrected chi connectivity index (χ2v) is 9.02. The maximum Gasteiger partial charge on any atom is 0.251 e. The van der Waals surface area contributed by atoms with Crippen molar-refractivity contribution in [3.63, 3.8) is 0 Å². The summed E-state index contributed by atoms with van der Waals surface area (Å²) in [6.45, 7) is 6.36. The van der Waals surface area contributed by atoms with E-state index < -0.39 is 0 Å². The molecule has 186 valence electrons. The average molecular weight is 515 g/mol. The highest BCUT2D eigenvalue weighted by Gasteiger charge is 2.11. The van der Waals surface area contributed by atoms with Crippen molar-refractivity contribution in [1.29, 1.82) is 0 Å². The number of carbonyl (C=O) groups excluding carboxylic acids is 1. The molecule has 0 fully saturated rings. The van der Waals surface area contributed by atoms with Crippen LogP contribution in [-0.4, -0.2) is 49.7 Å². The molecule has 1 N–H and O–H groups in total. The van der Waals surface area contributed by atoms with E-state index in [-0.39, 0.29) is 5.91 Å². The second-order valence-electron chi connectivity index (χ2n) is 7.69. The molecule has 0 radical (unpaired) electrons. The first kappa shape index (κ1) is 26.6. The van der Waals surface area contributed by atoms with Gasteiger partial charge in [0, 0.05) is 37.0 Å². The highest BCUT2D eigenvalue weighted by Crippen LogP contribution is 2.28. The lowest BCUT2D eigenvalue weighted by Crippen LogP contribution is -2.25. The maximum absolute atomic E-state index is 12.7. The van der Waals surface area contributed by atoms with Gasteiger partial charge in [-0.2, -0.15) is 0 Å². The van der Waals surface area contributed by atoms with Crippen LogP contribution in [0.2, 0.25) is 5.15 Å². The van der Waals surface area contributed by atoms with Gasteiger partial charge in [-0.05, 0) is 55.7 Å². The van der Waals surface area contributed by atoms with Gasteiger partial charge in [0.05, 0.1) is 14.2 Å². The zero-order chi connectivity index (χ0) is 25.2. The van der Waals surface area contributed by atoms with Gasteiger partial charge in [-0.15, -0.1) is 0 Å². The van der Waals surface area contributed by atoms with Gasteiger partial charge in [0.1, 0.15) is 11.0 Å². The van der Waals surface area contributed by atoms with Crippen LogP contribution in [0.15, 0.2) is 53.7 Å². The monoisotopic (exact) mass is 514 g/mol. The molecule has 0 saturated carbocycles. The summed E-state index contributed by atoms with van der Waals surface area (Å²) in [5.74, 6) is 2.70. The first-order valence-electron chi connectivity index (χ1n) is 11.5. The smallest absolute Gasteiger partial charge is 0.251 e. The first-order valence-corrected chi connectivity index (χ1v) is 12.8. The molecule has 0 bridgehead atoms. The summed E-state index contributed by atoms with van der Waals surface area (Å²) in [4.78, 5) is 23.8. The summed E-state index contributed by atoms with van der Waals surface area (Å²) >= 11 is 7.72. The Balaban J connectivity index is 1.57. The van der Waals surface area contributed by atoms with Gasteiger partial charge in [0.25, 0.3) is 5.91 Å². The summed E-state index contributed by atoms with van der Waals surface area (Å²) in [6.07, 6.45) is 0.683. The number of anilines is 1. The number of hydrogen-bond acceptors (Lipinski definition) is 7. The molecule has 1 aromatic heterocycles. The van der Waals surface area contributed by atoms with Crippen molar-refractivity contribution in [2.75, 3.05) is 38.8 Å². The van der Waals surface area contributed by atoms with E-state index in [0.29, 0.717) is 46.1 Å². The Labute approximate surface area is 216 Å². The van der Waals surface area contributed by atoms with Crippen LogP contribution in [0.3, 0.4) is 0 Å². The molecule has 0 saturated heterocycles. The van der Waals surface area contributed by atoms with Crippen molar-refractivity contribution < 1.29 is 14.3 Å². The normalized spacial score (nSPS) is 10.7. The Hall–Kier alpha value is -2.97. The molecule has 1 heterocycles. The number of amides is 1. The largest absolute Gasteiger partial charge is 0.493 e. The van der Waals surface area contributed by atoms with E-state index >= 15 is 0 Å². The standard InChI is InChI=1S/C26H31ClN4O3S/c1-5-31(6-2)24-16-23(27)29-26(30-24)35-17-19-8-7-9-20(14-19)25(32)28-13-12-18-10-11-21(33-3)22(15-18)34-4/h7-11,14-16H,5-6,12-13,17H2,1-4H3,(H,28,32). The highest BCUT2D eigenvalue weighted by molar-refractivity contribution is 7.98. The van der Waals surface area contributed by atoms with Gasteiger partial charge in [-0.1, -0.05) is 41.6 Å². The summed E-state index contributed by atoms with van der Waals surface area (Å²) in [6, 6.07) is 15.1. The molecule has 0 aliphatic heterocycles. The first-order chi connectivity index (χ1) is 17.0. The van der Waals surface area contributed by atoms with E-state index in [0.717, 1.165) is 30.0 Å². The van der Waals surface area contributed by atoms with Crippen molar-refractivity contribution in [2.45, 2.75) is 31.2 Å². The molecule has 3 rings (SSSR count). The molecule has 35 heavy (non-hydrogen) atoms. The number of benzene rings is 2. The van der Waals surface area contributed by atoms with Crippen LogP contribution in [0.5, 0.6) is 11.5 Å². The molecule has 0 unspecified atom stereocenters. The van der Waals surface area contributed by atoms with Gasteiger partial charge >= 0.3 is 0 Å². The molecular weight excluding hydrogens is 484 g/mol. The number of nitrogens with zero attached hydrogens (tertiary/aromatic N) is 3. The molecule has 0 spiro atoms. The molecule has 0 aliphatic carbocycles. The molecule has 7 nitrogen and oxygen atoms in total. The lowest BCUT2D eigenvalue weighted by atomic mass is 10.1. The number of methoxy groups -OCH3 is 2. The van der Waals surface area contributed by atoms with Crippen molar-refractivity contribution in [1.82, 2.24) is 15.3 Å². The predicted molar refractivity (Wildman–Crippen MR) is 142 cm³/mol. The Bertz CT molecular complexity index is 1140. The quantitative estimate of drug-likeness (QED) is 0.201. The SMILES string of the molecule is CCN(CC)c1cc(Cl)nc(SCc2cccc(C(=O)NCCc3ccc(OC)c(OC)c3)c2)n1. The van der Waals surface area contributed by atoms with Gasteiger partial charge in [0.15, 0.2) is 16.7 Å². The van der Waals surface area contributed by atoms with Crippen LogP contribution >= 0.6 is 23.4 Å². The fraction of sp³-hybridized carbons (Fsp3) is 0.346. The number of hydrogen-bond donors (Lipinski definition) is 1. The molecule has 0 aliphatic rings. The van der Waals surface area contributed by atoms with Crippen LogP contribution in [0, 0.1) is 0 Å². The highest BCUT2D eigenvalue weighted by atomic mass is 35.5. The third-order valence-corrected chi connectivity index (χ3v) is 6.56. The number of carbonyl (C=O) groups is 1. The molecular formula is C26H31ClN4O3S. The third kappa shape index (κ3) is 7.50. The van der Waals surface area contributed by atoms with E-state index in [4.69, 9.17) is 21.1 Å². The van der Waals surface area contributed by atoms with Crippen molar-refractivity contribution in [2.24, 2.45) is 0 Å². The van der Waals surface area contributed by atoms with E-state index in [1.54, 1.807) is 20.3 Å². The van der Waals surface area contributed by atoms with Gasteiger partial charge in [-0.3, -0.25) is 4.79 Å². The van der Waals surface area contributed by atoms with Gasteiger partial charge in [-0.25, -0.2) is 9.97 Å². The lowest BCUT2D eigenvalue weighted by Gasteiger charge is -2.20. The number of thioether (sulfide) groups is 1. The molecule has 1 amide bonds. The van der Waals surface area contributed by atoms with Crippen molar-refractivity contribution >= 4 is 35.1 Å². The van der Waals surface area contributed by atoms with E-state index in [1.165, 1.54) is 11.8 Å². The van der Waals surface area contributed by atoms with Crippen LogP contribution in [-0.2, 0) is 12.2 Å². The van der Waals surface area contributed by atoms with Crippen LogP contribution in [0.1, 0.15) is 35.3 Å². The Morgan fingerprint density at radius 2 is 1.77 bits per heavy atom. The fourth-order valence-corrected chi connectivity index (χ4v) is 4.59. The summed E-state index contributed by atoms with van der Waals surface area (Å²) in [5, 5.41) is 4.03. The summed E-state index contributed by atoms with van der Waals surface area (Å²) < 4.78 is 10.6. The molecule has 0 atom stereocenters. The average Bonchev–Trinajstić information content (AvgIpc) is 2.88. The summed E-state index contributed by atoms with van der Waals surface area (Å²) in [7, 11) is 3.22. The Morgan fingerprint density at radius 3 is 2.49 bits per heavy atom. The number of nitrogens with one attached hydrogen (secondary N) is 1. The van der Waals surface area contributed by atoms with Crippen molar-refractivity contribution in [3.8, 4) is 11.5 Å². The van der Waals surface area contributed by atoms with Gasteiger partial charge < -0.3 is 19.7 Å². The van der Waals surface area contributed by atoms with Crippen LogP contribution in [0.4, 0.5) is 5.82 Å². The zero-order valence-electron chi connectivity index (χ0n) is 20.5. The molecule has 9 heteroatoms. The van der Waals surface area contributed by atoms with Crippen LogP contribution < -0.4 is 19.7 Å². The minimum absolute atomic E-state index is 0.111. The number of ether oxygens (including phenoxy) is 2. The third-order valence-electron chi connectivity index (χ3n) is 5.45. The van der Waals surface area contributed by atoms with E-state index in [1.807, 2.05) is 42.5 Å². The van der Waals surface area contributed by atoms with Crippen LogP contribution in [0.25, 0.3) is 0 Å². The topological polar surface area (TPSA) is 76.6 Å². The Morgan fingerprint density at radius 1 is 1.00 bits per heavy atom. The summed E-state index contributed by atoms with van der Waals surface area (Å²) in [5.41, 5.74) is 2.68. The predicted octanol–water partition coefficient (Wildman–Crippen LogP) is 5.26. The zero-order valence-corrected chi connectivity index (χ0v) is 22.1. The maximum atomic E-state index is 12.7. The van der Waals surface area contributed by atoms with E-state index in [9.17, 15) is 4.79 Å². The lowest BCUT2D eigenvalue weighted by molar-refractivity contribution is 0.0954. The van der Waals surface area contributed by atoms with E-state index in [2.05, 4.69) is 34.0 Å². The number of rotatable bonds is 12. The minimum atomic E-state index is -0.111. The second kappa shape index (κ2) is 13.2. The minimum Gasteiger partial charge on any atom is -0.493 e. The molecule has 3 aromatic rings. The van der Waals surface area contributed by atoms with Crippen molar-refractivity contribution in [3.05, 3.63) is 70.4 Å². The fourth-order valence-electron chi connectivity index (χ4n) is 3.57. The number of halogens is 1.